The second-order valence-corrected chi connectivity index (χ2v) is 7.62. The molecule has 1 aromatic heterocycles. The smallest absolute Gasteiger partial charge is 0.222 e. The number of carbonyl (C=O) groups excluding carboxylic acids is 1. The average Bonchev–Trinajstić information content (AvgIpc) is 3.38. The van der Waals surface area contributed by atoms with Gasteiger partial charge in [-0.2, -0.15) is 5.10 Å². The quantitative estimate of drug-likeness (QED) is 0.869. The van der Waals surface area contributed by atoms with Crippen molar-refractivity contribution in [1.82, 2.24) is 15.1 Å². The van der Waals surface area contributed by atoms with E-state index in [0.717, 1.165) is 56.8 Å². The van der Waals surface area contributed by atoms with E-state index in [4.69, 9.17) is 0 Å². The average molecular weight is 337 g/mol. The van der Waals surface area contributed by atoms with Crippen LogP contribution >= 0.6 is 0 Å². The summed E-state index contributed by atoms with van der Waals surface area (Å²) in [4.78, 5) is 14.4. The monoisotopic (exact) mass is 337 g/mol. The first kappa shape index (κ1) is 16.4. The molecule has 2 aromatic rings. The zero-order valence-electron chi connectivity index (χ0n) is 14.8. The van der Waals surface area contributed by atoms with Gasteiger partial charge in [-0.25, -0.2) is 0 Å². The van der Waals surface area contributed by atoms with Crippen molar-refractivity contribution in [3.05, 3.63) is 53.3 Å². The van der Waals surface area contributed by atoms with E-state index < -0.39 is 0 Å². The number of benzene rings is 1. The maximum absolute atomic E-state index is 12.3. The molecule has 1 N–H and O–H groups in total. The number of piperidine rings is 1. The van der Waals surface area contributed by atoms with E-state index in [1.165, 1.54) is 24.1 Å². The lowest BCUT2D eigenvalue weighted by atomic mass is 9.93. The second-order valence-electron chi connectivity index (χ2n) is 7.62. The van der Waals surface area contributed by atoms with Crippen molar-refractivity contribution in [2.45, 2.75) is 50.9 Å². The van der Waals surface area contributed by atoms with Crippen molar-refractivity contribution < 1.29 is 4.79 Å². The number of aromatic amines is 1. The van der Waals surface area contributed by atoms with Gasteiger partial charge in [0.1, 0.15) is 0 Å². The fourth-order valence-electron chi connectivity index (χ4n) is 3.81. The molecule has 0 spiro atoms. The molecule has 25 heavy (non-hydrogen) atoms. The number of hydrogen-bond acceptors (Lipinski definition) is 2. The van der Waals surface area contributed by atoms with Gasteiger partial charge in [-0.1, -0.05) is 43.2 Å². The van der Waals surface area contributed by atoms with Crippen LogP contribution in [-0.4, -0.2) is 34.1 Å². The molecule has 0 unspecified atom stereocenters. The Balaban J connectivity index is 1.28. The summed E-state index contributed by atoms with van der Waals surface area (Å²) in [6.45, 7) is 1.77. The minimum absolute atomic E-state index is 0.358. The molecule has 1 aliphatic heterocycles. The number of aromatic nitrogens is 2. The van der Waals surface area contributed by atoms with E-state index >= 15 is 0 Å². The van der Waals surface area contributed by atoms with Crippen LogP contribution in [0.1, 0.15) is 61.4 Å². The molecule has 1 amide bonds. The van der Waals surface area contributed by atoms with Gasteiger partial charge in [-0.3, -0.25) is 9.89 Å². The van der Waals surface area contributed by atoms with Crippen molar-refractivity contribution in [3.8, 4) is 0 Å². The van der Waals surface area contributed by atoms with Gasteiger partial charge in [0, 0.05) is 37.5 Å². The normalized spacial score (nSPS) is 18.5. The van der Waals surface area contributed by atoms with E-state index in [2.05, 4.69) is 45.4 Å². The molecule has 132 valence electrons. The number of nitrogens with zero attached hydrogens (tertiary/aromatic N) is 2. The lowest BCUT2D eigenvalue weighted by Gasteiger charge is -2.31. The highest BCUT2D eigenvalue weighted by Gasteiger charge is 2.27. The highest BCUT2D eigenvalue weighted by Crippen LogP contribution is 2.34. The van der Waals surface area contributed by atoms with Gasteiger partial charge in [-0.05, 0) is 36.8 Å². The first-order chi connectivity index (χ1) is 12.3. The number of H-pyrrole nitrogens is 1. The standard InChI is InChI=1S/C21H27N3O/c25-21(9-8-16-6-7-16)24-12-10-18(11-13-24)20-15-19(22-23-20)14-17-4-2-1-3-5-17/h1-5,15-16,18H,6-14H2,(H,22,23). The molecule has 1 aliphatic carbocycles. The molecule has 0 radical (unpaired) electrons. The van der Waals surface area contributed by atoms with E-state index in [0.29, 0.717) is 11.8 Å². The molecule has 2 heterocycles. The second kappa shape index (κ2) is 7.42. The van der Waals surface area contributed by atoms with E-state index in [1.54, 1.807) is 0 Å². The zero-order chi connectivity index (χ0) is 17.1. The first-order valence-electron chi connectivity index (χ1n) is 9.64. The Morgan fingerprint density at radius 2 is 1.88 bits per heavy atom. The Kier molecular flexibility index (Phi) is 4.86. The number of likely N-dealkylation sites (tertiary alicyclic amines) is 1. The first-order valence-corrected chi connectivity index (χ1v) is 9.64. The van der Waals surface area contributed by atoms with Gasteiger partial charge in [0.15, 0.2) is 0 Å². The Morgan fingerprint density at radius 1 is 1.12 bits per heavy atom. The molecule has 4 rings (SSSR count). The summed E-state index contributed by atoms with van der Waals surface area (Å²) in [6, 6.07) is 12.7. The lowest BCUT2D eigenvalue weighted by Crippen LogP contribution is -2.37. The minimum Gasteiger partial charge on any atom is -0.343 e. The maximum Gasteiger partial charge on any atom is 0.222 e. The maximum atomic E-state index is 12.3. The number of nitrogens with one attached hydrogen (secondary N) is 1. The van der Waals surface area contributed by atoms with Gasteiger partial charge in [0.05, 0.1) is 5.69 Å². The van der Waals surface area contributed by atoms with Crippen molar-refractivity contribution in [1.29, 1.82) is 0 Å². The molecular weight excluding hydrogens is 310 g/mol. The van der Waals surface area contributed by atoms with Gasteiger partial charge < -0.3 is 4.90 Å². The molecule has 4 heteroatoms. The highest BCUT2D eigenvalue weighted by molar-refractivity contribution is 5.76. The molecule has 0 bridgehead atoms. The number of carbonyl (C=O) groups is 1. The third-order valence-electron chi connectivity index (χ3n) is 5.62. The summed E-state index contributed by atoms with van der Waals surface area (Å²) in [6.07, 6.45) is 7.47. The number of hydrogen-bond donors (Lipinski definition) is 1. The molecular formula is C21H27N3O. The molecule has 0 atom stereocenters. The van der Waals surface area contributed by atoms with Crippen LogP contribution < -0.4 is 0 Å². The fraction of sp³-hybridized carbons (Fsp3) is 0.524. The van der Waals surface area contributed by atoms with Gasteiger partial charge in [0.2, 0.25) is 5.91 Å². The topological polar surface area (TPSA) is 49.0 Å². The summed E-state index contributed by atoms with van der Waals surface area (Å²) in [7, 11) is 0. The van der Waals surface area contributed by atoms with Gasteiger partial charge >= 0.3 is 0 Å². The largest absolute Gasteiger partial charge is 0.343 e. The predicted octanol–water partition coefficient (Wildman–Crippen LogP) is 3.90. The van der Waals surface area contributed by atoms with Crippen LogP contribution in [0.5, 0.6) is 0 Å². The Hall–Kier alpha value is -2.10. The minimum atomic E-state index is 0.358. The number of rotatable bonds is 6. The summed E-state index contributed by atoms with van der Waals surface area (Å²) < 4.78 is 0. The van der Waals surface area contributed by atoms with E-state index in [-0.39, 0.29) is 0 Å². The molecule has 1 saturated heterocycles. The van der Waals surface area contributed by atoms with E-state index in [1.807, 2.05) is 6.07 Å². The molecule has 2 aliphatic rings. The third-order valence-corrected chi connectivity index (χ3v) is 5.62. The van der Waals surface area contributed by atoms with Crippen molar-refractivity contribution in [3.63, 3.8) is 0 Å². The predicted molar refractivity (Wildman–Crippen MR) is 98.3 cm³/mol. The van der Waals surface area contributed by atoms with Gasteiger partial charge in [-0.15, -0.1) is 0 Å². The highest BCUT2D eigenvalue weighted by atomic mass is 16.2. The summed E-state index contributed by atoms with van der Waals surface area (Å²) in [5, 5.41) is 7.74. The fourth-order valence-corrected chi connectivity index (χ4v) is 3.81. The van der Waals surface area contributed by atoms with Crippen molar-refractivity contribution in [2.75, 3.05) is 13.1 Å². The van der Waals surface area contributed by atoms with Crippen LogP contribution in [0.15, 0.2) is 36.4 Å². The zero-order valence-corrected chi connectivity index (χ0v) is 14.8. The summed E-state index contributed by atoms with van der Waals surface area (Å²) in [5.74, 6) is 1.68. The molecule has 1 aromatic carbocycles. The Morgan fingerprint density at radius 3 is 2.60 bits per heavy atom. The number of amides is 1. The molecule has 4 nitrogen and oxygen atoms in total. The van der Waals surface area contributed by atoms with Crippen LogP contribution in [0, 0.1) is 5.92 Å². The van der Waals surface area contributed by atoms with Crippen LogP contribution in [-0.2, 0) is 11.2 Å². The Bertz CT molecular complexity index is 697. The summed E-state index contributed by atoms with van der Waals surface area (Å²) >= 11 is 0. The third kappa shape index (κ3) is 4.30. The van der Waals surface area contributed by atoms with Crippen molar-refractivity contribution >= 4 is 5.91 Å². The SMILES string of the molecule is O=C(CCC1CC1)N1CCC(c2cc(Cc3ccccc3)[nH]n2)CC1. The van der Waals surface area contributed by atoms with Crippen LogP contribution in [0.4, 0.5) is 0 Å². The van der Waals surface area contributed by atoms with Crippen molar-refractivity contribution in [2.24, 2.45) is 5.92 Å². The molecule has 1 saturated carbocycles. The van der Waals surface area contributed by atoms with E-state index in [9.17, 15) is 4.79 Å². The van der Waals surface area contributed by atoms with Gasteiger partial charge in [0.25, 0.3) is 0 Å². The lowest BCUT2D eigenvalue weighted by molar-refractivity contribution is -0.132. The Labute approximate surface area is 149 Å². The van der Waals surface area contributed by atoms with Crippen LogP contribution in [0.3, 0.4) is 0 Å². The molecule has 2 fully saturated rings. The summed E-state index contributed by atoms with van der Waals surface area (Å²) in [5.41, 5.74) is 3.63. The van der Waals surface area contributed by atoms with Crippen LogP contribution in [0.25, 0.3) is 0 Å². The van der Waals surface area contributed by atoms with Crippen LogP contribution in [0.2, 0.25) is 0 Å².